The molecule has 1 fully saturated rings. The van der Waals surface area contributed by atoms with E-state index in [0.717, 1.165) is 36.9 Å². The van der Waals surface area contributed by atoms with Gasteiger partial charge in [0, 0.05) is 43.8 Å². The largest absolute Gasteiger partial charge is 0.374 e. The summed E-state index contributed by atoms with van der Waals surface area (Å²) in [6.45, 7) is 9.75. The Morgan fingerprint density at radius 3 is 2.95 bits per heavy atom. The number of hydrogen-bond donors (Lipinski definition) is 1. The standard InChI is InChI=1S/C13H25N5S/c1-4-11-9-17(3)7-6-8-18(11)10-12-13(14-5-2)19-16-15-12/h11,14H,4-10H2,1-3H3. The first-order valence-electron chi connectivity index (χ1n) is 7.22. The molecular weight excluding hydrogens is 258 g/mol. The molecule has 1 aromatic heterocycles. The monoisotopic (exact) mass is 283 g/mol. The maximum atomic E-state index is 4.30. The van der Waals surface area contributed by atoms with Gasteiger partial charge >= 0.3 is 0 Å². The van der Waals surface area contributed by atoms with E-state index in [1.165, 1.54) is 30.9 Å². The lowest BCUT2D eigenvalue weighted by Gasteiger charge is -2.29. The van der Waals surface area contributed by atoms with Gasteiger partial charge in [0.1, 0.15) is 10.7 Å². The van der Waals surface area contributed by atoms with E-state index in [0.29, 0.717) is 6.04 Å². The summed E-state index contributed by atoms with van der Waals surface area (Å²) in [5.41, 5.74) is 1.11. The zero-order valence-electron chi connectivity index (χ0n) is 12.2. The highest BCUT2D eigenvalue weighted by Crippen LogP contribution is 2.22. The highest BCUT2D eigenvalue weighted by atomic mass is 32.1. The first-order valence-corrected chi connectivity index (χ1v) is 7.99. The molecule has 1 N–H and O–H groups in total. The fraction of sp³-hybridized carbons (Fsp3) is 0.846. The van der Waals surface area contributed by atoms with E-state index in [9.17, 15) is 0 Å². The molecule has 0 aliphatic carbocycles. The van der Waals surface area contributed by atoms with Gasteiger partial charge in [0.15, 0.2) is 0 Å². The number of anilines is 1. The minimum Gasteiger partial charge on any atom is -0.374 e. The second-order valence-electron chi connectivity index (χ2n) is 5.23. The summed E-state index contributed by atoms with van der Waals surface area (Å²) in [7, 11) is 2.22. The maximum absolute atomic E-state index is 4.30. The lowest BCUT2D eigenvalue weighted by atomic mass is 10.2. The topological polar surface area (TPSA) is 44.3 Å². The number of likely N-dealkylation sites (N-methyl/N-ethyl adjacent to an activating group) is 1. The van der Waals surface area contributed by atoms with Gasteiger partial charge in [-0.3, -0.25) is 4.90 Å². The minimum atomic E-state index is 0.628. The maximum Gasteiger partial charge on any atom is 0.134 e. The molecule has 0 amide bonds. The first kappa shape index (κ1) is 14.7. The SMILES string of the molecule is CCNc1snnc1CN1CCCN(C)CC1CC. The van der Waals surface area contributed by atoms with E-state index in [2.05, 4.69) is 45.6 Å². The molecule has 19 heavy (non-hydrogen) atoms. The van der Waals surface area contributed by atoms with Gasteiger partial charge in [-0.25, -0.2) is 0 Å². The van der Waals surface area contributed by atoms with Crippen molar-refractivity contribution in [2.75, 3.05) is 38.5 Å². The van der Waals surface area contributed by atoms with Gasteiger partial charge in [-0.15, -0.1) is 5.10 Å². The Bertz CT molecular complexity index is 381. The predicted molar refractivity (Wildman–Crippen MR) is 80.7 cm³/mol. The predicted octanol–water partition coefficient (Wildman–Crippen LogP) is 1.89. The molecule has 1 aliphatic heterocycles. The van der Waals surface area contributed by atoms with Crippen molar-refractivity contribution >= 4 is 16.5 Å². The first-order chi connectivity index (χ1) is 9.24. The van der Waals surface area contributed by atoms with Crippen molar-refractivity contribution in [3.8, 4) is 0 Å². The number of rotatable bonds is 5. The quantitative estimate of drug-likeness (QED) is 0.894. The lowest BCUT2D eigenvalue weighted by molar-refractivity contribution is 0.174. The molecule has 1 saturated heterocycles. The van der Waals surface area contributed by atoms with Gasteiger partial charge in [0.25, 0.3) is 0 Å². The lowest BCUT2D eigenvalue weighted by Crippen LogP contribution is -2.39. The van der Waals surface area contributed by atoms with Crippen molar-refractivity contribution in [1.82, 2.24) is 19.4 Å². The van der Waals surface area contributed by atoms with Crippen molar-refractivity contribution < 1.29 is 0 Å². The Kier molecular flexibility index (Phi) is 5.54. The second-order valence-corrected chi connectivity index (χ2v) is 5.98. The normalized spacial score (nSPS) is 22.4. The molecular formula is C13H25N5S. The zero-order valence-corrected chi connectivity index (χ0v) is 13.0. The van der Waals surface area contributed by atoms with Gasteiger partial charge in [-0.05, 0) is 33.4 Å². The van der Waals surface area contributed by atoms with Gasteiger partial charge in [0.05, 0.1) is 0 Å². The van der Waals surface area contributed by atoms with Crippen molar-refractivity contribution in [1.29, 1.82) is 0 Å². The molecule has 0 bridgehead atoms. The Hall–Kier alpha value is -0.720. The molecule has 0 aromatic carbocycles. The van der Waals surface area contributed by atoms with E-state index in [1.807, 2.05) is 0 Å². The second kappa shape index (κ2) is 7.17. The fourth-order valence-electron chi connectivity index (χ4n) is 2.69. The van der Waals surface area contributed by atoms with E-state index >= 15 is 0 Å². The van der Waals surface area contributed by atoms with Gasteiger partial charge in [-0.1, -0.05) is 11.4 Å². The van der Waals surface area contributed by atoms with Crippen LogP contribution in [0.4, 0.5) is 5.00 Å². The summed E-state index contributed by atoms with van der Waals surface area (Å²) in [6, 6.07) is 0.628. The van der Waals surface area contributed by atoms with Crippen LogP contribution in [0.2, 0.25) is 0 Å². The number of hydrogen-bond acceptors (Lipinski definition) is 6. The van der Waals surface area contributed by atoms with Crippen molar-refractivity contribution in [3.05, 3.63) is 5.69 Å². The number of aromatic nitrogens is 2. The molecule has 1 unspecified atom stereocenters. The van der Waals surface area contributed by atoms with Crippen LogP contribution in [0.15, 0.2) is 0 Å². The summed E-state index contributed by atoms with van der Waals surface area (Å²) in [5.74, 6) is 0. The summed E-state index contributed by atoms with van der Waals surface area (Å²) in [6.07, 6.45) is 2.43. The number of nitrogens with zero attached hydrogens (tertiary/aromatic N) is 4. The highest BCUT2D eigenvalue weighted by molar-refractivity contribution is 7.10. The molecule has 1 atom stereocenters. The molecule has 2 rings (SSSR count). The van der Waals surface area contributed by atoms with Gasteiger partial charge < -0.3 is 10.2 Å². The summed E-state index contributed by atoms with van der Waals surface area (Å²) in [5, 5.41) is 8.79. The van der Waals surface area contributed by atoms with Crippen LogP contribution in [0.5, 0.6) is 0 Å². The summed E-state index contributed by atoms with van der Waals surface area (Å²) in [4.78, 5) is 5.01. The van der Waals surface area contributed by atoms with E-state index in [4.69, 9.17) is 0 Å². The third-order valence-electron chi connectivity index (χ3n) is 3.74. The molecule has 108 valence electrons. The Morgan fingerprint density at radius 1 is 1.37 bits per heavy atom. The molecule has 0 radical (unpaired) electrons. The van der Waals surface area contributed by atoms with Crippen LogP contribution in [-0.2, 0) is 6.54 Å². The van der Waals surface area contributed by atoms with Crippen LogP contribution in [-0.4, -0.2) is 58.7 Å². The summed E-state index contributed by atoms with van der Waals surface area (Å²) < 4.78 is 4.09. The molecule has 1 aromatic rings. The van der Waals surface area contributed by atoms with Gasteiger partial charge in [-0.2, -0.15) is 0 Å². The average Bonchev–Trinajstić information content (AvgIpc) is 2.74. The molecule has 5 nitrogen and oxygen atoms in total. The molecule has 2 heterocycles. The fourth-order valence-corrected chi connectivity index (χ4v) is 3.33. The van der Waals surface area contributed by atoms with Crippen molar-refractivity contribution in [2.24, 2.45) is 0 Å². The van der Waals surface area contributed by atoms with Crippen LogP contribution in [0, 0.1) is 0 Å². The number of nitrogens with one attached hydrogen (secondary N) is 1. The Labute approximate surface area is 120 Å². The van der Waals surface area contributed by atoms with Crippen molar-refractivity contribution in [2.45, 2.75) is 39.3 Å². The average molecular weight is 283 g/mol. The minimum absolute atomic E-state index is 0.628. The third kappa shape index (κ3) is 3.87. The Balaban J connectivity index is 2.04. The van der Waals surface area contributed by atoms with Crippen LogP contribution in [0.3, 0.4) is 0 Å². The van der Waals surface area contributed by atoms with E-state index in [1.54, 1.807) is 0 Å². The van der Waals surface area contributed by atoms with Gasteiger partial charge in [0.2, 0.25) is 0 Å². The zero-order chi connectivity index (χ0) is 13.7. The van der Waals surface area contributed by atoms with E-state index < -0.39 is 0 Å². The summed E-state index contributed by atoms with van der Waals surface area (Å²) >= 11 is 1.47. The highest BCUT2D eigenvalue weighted by Gasteiger charge is 2.23. The van der Waals surface area contributed by atoms with Crippen LogP contribution in [0.25, 0.3) is 0 Å². The molecule has 0 saturated carbocycles. The third-order valence-corrected chi connectivity index (χ3v) is 4.47. The van der Waals surface area contributed by atoms with Crippen molar-refractivity contribution in [3.63, 3.8) is 0 Å². The van der Waals surface area contributed by atoms with E-state index in [-0.39, 0.29) is 0 Å². The Morgan fingerprint density at radius 2 is 2.21 bits per heavy atom. The van der Waals surface area contributed by atoms with Crippen LogP contribution < -0.4 is 5.32 Å². The molecule has 6 heteroatoms. The molecule has 1 aliphatic rings. The van der Waals surface area contributed by atoms with Crippen LogP contribution in [0.1, 0.15) is 32.4 Å². The smallest absolute Gasteiger partial charge is 0.134 e. The van der Waals surface area contributed by atoms with Crippen LogP contribution >= 0.6 is 11.5 Å². The molecule has 0 spiro atoms.